The Bertz CT molecular complexity index is 284. The average molecular weight is 210 g/mol. The molecule has 0 atom stereocenters. The van der Waals surface area contributed by atoms with Crippen molar-refractivity contribution in [2.75, 3.05) is 33.5 Å². The summed E-state index contributed by atoms with van der Waals surface area (Å²) in [5.41, 5.74) is 5.59. The first-order chi connectivity index (χ1) is 6.79. The van der Waals surface area contributed by atoms with Crippen LogP contribution in [0.25, 0.3) is 0 Å². The molecule has 0 aliphatic heterocycles. The molecule has 4 heteroatoms. The molecule has 0 bridgehead atoms. The lowest BCUT2D eigenvalue weighted by Crippen LogP contribution is -2.27. The molecule has 0 unspecified atom stereocenters. The Labute approximate surface area is 91.3 Å². The number of carbonyl (C=O) groups excluding carboxylic acids is 1. The van der Waals surface area contributed by atoms with Crippen molar-refractivity contribution in [1.29, 1.82) is 0 Å². The smallest absolute Gasteiger partial charge is 0.316 e. The Kier molecular flexibility index (Phi) is 5.41. The number of hydrogen-bond acceptors (Lipinski definition) is 1. The van der Waals surface area contributed by atoms with E-state index in [9.17, 15) is 4.79 Å². The minimum atomic E-state index is -0.536. The number of para-hydroxylation sites is 1. The van der Waals surface area contributed by atoms with Crippen molar-refractivity contribution in [3.05, 3.63) is 30.3 Å². The van der Waals surface area contributed by atoms with E-state index in [0.717, 1.165) is 10.2 Å². The maximum atomic E-state index is 10.3. The first kappa shape index (κ1) is 13.4. The first-order valence-electron chi connectivity index (χ1n) is 4.69. The minimum Gasteiger partial charge on any atom is -0.351 e. The Morgan fingerprint density at radius 1 is 1.13 bits per heavy atom. The number of urea groups is 1. The first-order valence-corrected chi connectivity index (χ1v) is 4.69. The number of quaternary nitrogens is 1. The zero-order valence-corrected chi connectivity index (χ0v) is 9.82. The molecular weight excluding hydrogens is 190 g/mol. The molecule has 0 aliphatic carbocycles. The summed E-state index contributed by atoms with van der Waals surface area (Å²) in [6.07, 6.45) is 0. The maximum absolute atomic E-state index is 10.3. The van der Waals surface area contributed by atoms with Gasteiger partial charge in [0.05, 0.1) is 28.2 Å². The van der Waals surface area contributed by atoms with Crippen LogP contribution in [0, 0.1) is 0 Å². The number of benzene rings is 1. The normalized spacial score (nSPS) is 9.87. The maximum Gasteiger partial charge on any atom is 0.316 e. The third-order valence-corrected chi connectivity index (χ3v) is 1.04. The van der Waals surface area contributed by atoms with Gasteiger partial charge in [0, 0.05) is 5.69 Å². The lowest BCUT2D eigenvalue weighted by Gasteiger charge is -2.14. The van der Waals surface area contributed by atoms with Gasteiger partial charge in [-0.1, -0.05) is 18.2 Å². The highest BCUT2D eigenvalue weighted by Gasteiger charge is 1.90. The second-order valence-corrected chi connectivity index (χ2v) is 4.54. The largest absolute Gasteiger partial charge is 0.351 e. The molecule has 1 aromatic carbocycles. The molecule has 0 spiro atoms. The second kappa shape index (κ2) is 6.03. The molecule has 15 heavy (non-hydrogen) atoms. The third kappa shape index (κ3) is 12.4. The Hall–Kier alpha value is -1.55. The highest BCUT2D eigenvalue weighted by molar-refractivity contribution is 5.87. The summed E-state index contributed by atoms with van der Waals surface area (Å²) in [5, 5.41) is 2.44. The van der Waals surface area contributed by atoms with Crippen molar-refractivity contribution in [2.24, 2.45) is 5.73 Å². The third-order valence-electron chi connectivity index (χ3n) is 1.04. The van der Waals surface area contributed by atoms with Crippen LogP contribution in [0.1, 0.15) is 0 Å². The van der Waals surface area contributed by atoms with Crippen molar-refractivity contribution in [2.45, 2.75) is 0 Å². The van der Waals surface area contributed by atoms with Gasteiger partial charge in [-0.25, -0.2) is 4.79 Å². The van der Waals surface area contributed by atoms with E-state index in [4.69, 9.17) is 5.73 Å². The quantitative estimate of drug-likeness (QED) is 0.678. The van der Waals surface area contributed by atoms with Crippen molar-refractivity contribution >= 4 is 11.7 Å². The van der Waals surface area contributed by atoms with Crippen molar-refractivity contribution in [1.82, 2.24) is 0 Å². The van der Waals surface area contributed by atoms with E-state index in [1.54, 1.807) is 12.1 Å². The Balaban J connectivity index is 0.000000336. The van der Waals surface area contributed by atoms with E-state index in [2.05, 4.69) is 33.5 Å². The number of hydrogen-bond donors (Lipinski definition) is 2. The van der Waals surface area contributed by atoms with Gasteiger partial charge in [0.15, 0.2) is 0 Å². The summed E-state index contributed by atoms with van der Waals surface area (Å²) in [4.78, 5) is 10.3. The zero-order valence-electron chi connectivity index (χ0n) is 9.82. The van der Waals surface area contributed by atoms with E-state index in [-0.39, 0.29) is 0 Å². The molecule has 1 rings (SSSR count). The van der Waals surface area contributed by atoms with E-state index in [1.807, 2.05) is 18.2 Å². The minimum absolute atomic E-state index is 0.536. The molecule has 2 amide bonds. The molecule has 0 saturated heterocycles. The van der Waals surface area contributed by atoms with Crippen LogP contribution in [0.2, 0.25) is 0 Å². The number of primary amides is 1. The highest BCUT2D eigenvalue weighted by atomic mass is 16.2. The van der Waals surface area contributed by atoms with Crippen LogP contribution in [-0.4, -0.2) is 38.7 Å². The van der Waals surface area contributed by atoms with Crippen LogP contribution in [-0.2, 0) is 0 Å². The summed E-state index contributed by atoms with van der Waals surface area (Å²) >= 11 is 0. The van der Waals surface area contributed by atoms with Crippen LogP contribution in [0.4, 0.5) is 10.5 Å². The number of carbonyl (C=O) groups is 1. The predicted octanol–water partition coefficient (Wildman–Crippen LogP) is 1.50. The van der Waals surface area contributed by atoms with Crippen molar-refractivity contribution in [3.8, 4) is 0 Å². The number of rotatable bonds is 1. The molecule has 3 N–H and O–H groups in total. The van der Waals surface area contributed by atoms with Crippen LogP contribution < -0.4 is 11.1 Å². The van der Waals surface area contributed by atoms with Gasteiger partial charge in [0.1, 0.15) is 0 Å². The number of nitrogens with one attached hydrogen (secondary N) is 1. The molecule has 0 heterocycles. The fourth-order valence-corrected chi connectivity index (χ4v) is 0.664. The van der Waals surface area contributed by atoms with E-state index in [0.29, 0.717) is 0 Å². The zero-order chi connectivity index (χ0) is 11.9. The monoisotopic (exact) mass is 210 g/mol. The highest BCUT2D eigenvalue weighted by Crippen LogP contribution is 2.03. The van der Waals surface area contributed by atoms with Gasteiger partial charge in [-0.2, -0.15) is 0 Å². The van der Waals surface area contributed by atoms with Gasteiger partial charge < -0.3 is 15.5 Å². The molecule has 0 aromatic heterocycles. The fourth-order valence-electron chi connectivity index (χ4n) is 0.664. The Morgan fingerprint density at radius 2 is 1.53 bits per heavy atom. The molecule has 0 saturated carbocycles. The average Bonchev–Trinajstić information content (AvgIpc) is 2.01. The van der Waals surface area contributed by atoms with Gasteiger partial charge in [-0.05, 0) is 12.1 Å². The molecule has 0 fully saturated rings. The molecule has 1 aromatic rings. The van der Waals surface area contributed by atoms with Crippen LogP contribution in [0.15, 0.2) is 30.3 Å². The Morgan fingerprint density at radius 3 is 1.87 bits per heavy atom. The van der Waals surface area contributed by atoms with Crippen LogP contribution >= 0.6 is 0 Å². The molecule has 0 aliphatic rings. The summed E-state index contributed by atoms with van der Waals surface area (Å²) < 4.78 is 1.00. The molecule has 4 nitrogen and oxygen atoms in total. The van der Waals surface area contributed by atoms with Gasteiger partial charge in [0.25, 0.3) is 0 Å². The molecular formula is C11H20N3O+. The summed E-state index contributed by atoms with van der Waals surface area (Å²) in [6.45, 7) is 0. The second-order valence-electron chi connectivity index (χ2n) is 4.54. The lowest BCUT2D eigenvalue weighted by molar-refractivity contribution is -0.849. The van der Waals surface area contributed by atoms with Crippen LogP contribution in [0.3, 0.4) is 0 Å². The number of amides is 2. The van der Waals surface area contributed by atoms with E-state index in [1.165, 1.54) is 0 Å². The van der Waals surface area contributed by atoms with Crippen molar-refractivity contribution in [3.63, 3.8) is 0 Å². The number of anilines is 1. The molecule has 0 radical (unpaired) electrons. The fraction of sp³-hybridized carbons (Fsp3) is 0.364. The predicted molar refractivity (Wildman–Crippen MR) is 63.6 cm³/mol. The molecule has 84 valence electrons. The number of nitrogens with zero attached hydrogens (tertiary/aromatic N) is 1. The topological polar surface area (TPSA) is 55.1 Å². The van der Waals surface area contributed by atoms with E-state index >= 15 is 0 Å². The van der Waals surface area contributed by atoms with Gasteiger partial charge >= 0.3 is 6.03 Å². The van der Waals surface area contributed by atoms with E-state index < -0.39 is 6.03 Å². The summed E-state index contributed by atoms with van der Waals surface area (Å²) in [5.74, 6) is 0. The summed E-state index contributed by atoms with van der Waals surface area (Å²) in [7, 11) is 8.50. The van der Waals surface area contributed by atoms with Gasteiger partial charge in [0.2, 0.25) is 0 Å². The van der Waals surface area contributed by atoms with Crippen LogP contribution in [0.5, 0.6) is 0 Å². The lowest BCUT2D eigenvalue weighted by atomic mass is 10.3. The van der Waals surface area contributed by atoms with Crippen molar-refractivity contribution < 1.29 is 9.28 Å². The SMILES string of the molecule is C[N+](C)(C)C.NC(=O)Nc1ccccc1. The number of nitrogens with two attached hydrogens (primary N) is 1. The van der Waals surface area contributed by atoms with Gasteiger partial charge in [-0.3, -0.25) is 0 Å². The summed E-state index contributed by atoms with van der Waals surface area (Å²) in [6, 6.07) is 8.52. The standard InChI is InChI=1S/C7H8N2O.C4H12N/c8-7(10)9-6-4-2-1-3-5-6;1-5(2,3)4/h1-5H,(H3,8,9,10);1-4H3/q;+1. The van der Waals surface area contributed by atoms with Gasteiger partial charge in [-0.15, -0.1) is 0 Å².